The van der Waals surface area contributed by atoms with Crippen LogP contribution in [0.1, 0.15) is 16.1 Å². The number of aliphatic imine (C=N–C) groups is 1. The van der Waals surface area contributed by atoms with E-state index in [-0.39, 0.29) is 18.4 Å². The Morgan fingerprint density at radius 2 is 2.00 bits per heavy atom. The zero-order chi connectivity index (χ0) is 14.5. The van der Waals surface area contributed by atoms with E-state index in [4.69, 9.17) is 16.7 Å². The predicted molar refractivity (Wildman–Crippen MR) is 82.5 cm³/mol. The van der Waals surface area contributed by atoms with E-state index in [1.807, 2.05) is 0 Å². The normalized spacial score (nSPS) is 10.1. The van der Waals surface area contributed by atoms with Crippen molar-refractivity contribution in [2.45, 2.75) is 0 Å². The van der Waals surface area contributed by atoms with Gasteiger partial charge in [-0.3, -0.25) is 4.79 Å². The molecule has 7 nitrogen and oxygen atoms in total. The van der Waals surface area contributed by atoms with Gasteiger partial charge in [0.1, 0.15) is 0 Å². The van der Waals surface area contributed by atoms with Crippen molar-refractivity contribution in [1.82, 2.24) is 4.57 Å². The number of amides is 1. The largest absolute Gasteiger partial charge is 0.411 e. The minimum atomic E-state index is -0.517. The van der Waals surface area contributed by atoms with Crippen molar-refractivity contribution in [1.29, 1.82) is 0 Å². The second kappa shape index (κ2) is 7.11. The quantitative estimate of drug-likeness (QED) is 0.340. The van der Waals surface area contributed by atoms with Crippen LogP contribution in [0.5, 0.6) is 0 Å². The number of nitrogens with two attached hydrogens (primary N) is 2. The van der Waals surface area contributed by atoms with Gasteiger partial charge in [0.25, 0.3) is 5.91 Å². The third-order valence-electron chi connectivity index (χ3n) is 2.57. The summed E-state index contributed by atoms with van der Waals surface area (Å²) in [6.45, 7) is 0. The van der Waals surface area contributed by atoms with Crippen LogP contribution in [0.2, 0.25) is 0 Å². The van der Waals surface area contributed by atoms with Crippen molar-refractivity contribution >= 4 is 30.5 Å². The number of benzene rings is 1. The number of oxime groups is 1. The van der Waals surface area contributed by atoms with Gasteiger partial charge in [-0.05, 0) is 30.3 Å². The molecule has 2 aromatic rings. The second-order valence-corrected chi connectivity index (χ2v) is 3.94. The van der Waals surface area contributed by atoms with Gasteiger partial charge in [-0.25, -0.2) is 0 Å². The van der Waals surface area contributed by atoms with Crippen molar-refractivity contribution in [3.63, 3.8) is 0 Å². The molecule has 0 atom stereocenters. The highest BCUT2D eigenvalue weighted by Crippen LogP contribution is 2.14. The molecule has 1 aromatic heterocycles. The standard InChI is InChI=1S/C13H13N5O2.ClH/c14-13(15)17-12(19)9-3-1-4-10(7-9)18-6-2-5-11(18)8-16-20;/h1-8,20H,(H4,14,15,17,19);1H/b16-8+;. The van der Waals surface area contributed by atoms with Crippen LogP contribution in [0, 0.1) is 0 Å². The minimum absolute atomic E-state index is 0. The molecule has 110 valence electrons. The van der Waals surface area contributed by atoms with E-state index < -0.39 is 5.91 Å². The van der Waals surface area contributed by atoms with Crippen LogP contribution in [0.25, 0.3) is 5.69 Å². The van der Waals surface area contributed by atoms with Gasteiger partial charge in [-0.15, -0.1) is 12.4 Å². The maximum atomic E-state index is 11.8. The van der Waals surface area contributed by atoms with E-state index in [1.54, 1.807) is 47.2 Å². The average molecular weight is 308 g/mol. The van der Waals surface area contributed by atoms with Crippen LogP contribution in [0.3, 0.4) is 0 Å². The molecule has 1 aromatic carbocycles. The maximum Gasteiger partial charge on any atom is 0.280 e. The number of aromatic nitrogens is 1. The SMILES string of the molecule is Cl.NC(N)=NC(=O)c1cccc(-n2cccc2/C=N/O)c1. The Balaban J connectivity index is 0.00000220. The van der Waals surface area contributed by atoms with Crippen LogP contribution in [0.4, 0.5) is 0 Å². The van der Waals surface area contributed by atoms with Gasteiger partial charge in [-0.1, -0.05) is 11.2 Å². The molecule has 0 unspecified atom stereocenters. The van der Waals surface area contributed by atoms with Crippen molar-refractivity contribution in [3.8, 4) is 5.69 Å². The molecule has 0 saturated carbocycles. The first-order valence-electron chi connectivity index (χ1n) is 5.71. The number of rotatable bonds is 3. The third kappa shape index (κ3) is 3.83. The van der Waals surface area contributed by atoms with E-state index in [0.29, 0.717) is 11.3 Å². The molecule has 1 amide bonds. The number of carbonyl (C=O) groups excluding carboxylic acids is 1. The lowest BCUT2D eigenvalue weighted by Crippen LogP contribution is -2.24. The minimum Gasteiger partial charge on any atom is -0.411 e. The summed E-state index contributed by atoms with van der Waals surface area (Å²) in [7, 11) is 0. The smallest absolute Gasteiger partial charge is 0.280 e. The van der Waals surface area contributed by atoms with E-state index in [2.05, 4.69) is 10.1 Å². The number of halogens is 1. The highest BCUT2D eigenvalue weighted by Gasteiger charge is 2.07. The molecule has 8 heteroatoms. The Morgan fingerprint density at radius 1 is 1.24 bits per heavy atom. The van der Waals surface area contributed by atoms with E-state index in [9.17, 15) is 4.79 Å². The molecule has 0 radical (unpaired) electrons. The number of nitrogens with zero attached hydrogens (tertiary/aromatic N) is 3. The van der Waals surface area contributed by atoms with Crippen LogP contribution >= 0.6 is 12.4 Å². The fraction of sp³-hybridized carbons (Fsp3) is 0. The first-order valence-corrected chi connectivity index (χ1v) is 5.71. The van der Waals surface area contributed by atoms with Crippen molar-refractivity contribution in [2.75, 3.05) is 0 Å². The highest BCUT2D eigenvalue weighted by molar-refractivity contribution is 6.02. The Kier molecular flexibility index (Phi) is 5.50. The van der Waals surface area contributed by atoms with Gasteiger partial charge in [0.2, 0.25) is 0 Å². The summed E-state index contributed by atoms with van der Waals surface area (Å²) in [5.41, 5.74) is 12.1. The summed E-state index contributed by atoms with van der Waals surface area (Å²) in [6, 6.07) is 10.3. The van der Waals surface area contributed by atoms with Gasteiger partial charge < -0.3 is 21.2 Å². The van der Waals surface area contributed by atoms with Gasteiger partial charge >= 0.3 is 0 Å². The summed E-state index contributed by atoms with van der Waals surface area (Å²) < 4.78 is 1.76. The molecule has 0 fully saturated rings. The van der Waals surface area contributed by atoms with E-state index in [0.717, 1.165) is 5.69 Å². The van der Waals surface area contributed by atoms with E-state index >= 15 is 0 Å². The molecule has 5 N–H and O–H groups in total. The topological polar surface area (TPSA) is 119 Å². The van der Waals surface area contributed by atoms with Gasteiger partial charge in [0, 0.05) is 17.4 Å². The lowest BCUT2D eigenvalue weighted by atomic mass is 10.2. The zero-order valence-electron chi connectivity index (χ0n) is 10.9. The molecule has 21 heavy (non-hydrogen) atoms. The number of hydrogen-bond acceptors (Lipinski definition) is 3. The first-order chi connectivity index (χ1) is 9.61. The molecular weight excluding hydrogens is 294 g/mol. The monoisotopic (exact) mass is 307 g/mol. The molecule has 0 saturated heterocycles. The summed E-state index contributed by atoms with van der Waals surface area (Å²) in [5, 5.41) is 11.6. The zero-order valence-corrected chi connectivity index (χ0v) is 11.7. The maximum absolute atomic E-state index is 11.8. The van der Waals surface area contributed by atoms with Crippen LogP contribution in [-0.2, 0) is 0 Å². The van der Waals surface area contributed by atoms with E-state index in [1.165, 1.54) is 6.21 Å². The molecule has 0 aliphatic heterocycles. The molecule has 2 rings (SSSR count). The second-order valence-electron chi connectivity index (χ2n) is 3.94. The molecular formula is C13H14ClN5O2. The van der Waals surface area contributed by atoms with Gasteiger partial charge in [0.15, 0.2) is 5.96 Å². The van der Waals surface area contributed by atoms with Gasteiger partial charge in [0.05, 0.1) is 11.9 Å². The first kappa shape index (κ1) is 16.3. The Hall–Kier alpha value is -2.80. The summed E-state index contributed by atoms with van der Waals surface area (Å²) in [4.78, 5) is 15.3. The molecule has 0 bridgehead atoms. The highest BCUT2D eigenvalue weighted by atomic mass is 35.5. The number of carbonyl (C=O) groups is 1. The Morgan fingerprint density at radius 3 is 2.67 bits per heavy atom. The lowest BCUT2D eigenvalue weighted by Gasteiger charge is -2.07. The van der Waals surface area contributed by atoms with Crippen molar-refractivity contribution in [3.05, 3.63) is 53.9 Å². The van der Waals surface area contributed by atoms with Crippen molar-refractivity contribution in [2.24, 2.45) is 21.6 Å². The van der Waals surface area contributed by atoms with Gasteiger partial charge in [-0.2, -0.15) is 4.99 Å². The number of hydrogen-bond donors (Lipinski definition) is 3. The summed E-state index contributed by atoms with van der Waals surface area (Å²) in [6.07, 6.45) is 3.08. The van der Waals surface area contributed by atoms with Crippen molar-refractivity contribution < 1.29 is 10.0 Å². The fourth-order valence-electron chi connectivity index (χ4n) is 1.76. The summed E-state index contributed by atoms with van der Waals surface area (Å²) >= 11 is 0. The predicted octanol–water partition coefficient (Wildman–Crippen LogP) is 1.12. The third-order valence-corrected chi connectivity index (χ3v) is 2.57. The Bertz CT molecular complexity index is 689. The molecule has 0 spiro atoms. The van der Waals surface area contributed by atoms with Crippen LogP contribution < -0.4 is 11.5 Å². The molecule has 0 aliphatic carbocycles. The lowest BCUT2D eigenvalue weighted by molar-refractivity contribution is 0.100. The Labute approximate surface area is 127 Å². The van der Waals surface area contributed by atoms with Crippen LogP contribution in [-0.4, -0.2) is 27.9 Å². The number of guanidine groups is 1. The average Bonchev–Trinajstić information content (AvgIpc) is 2.87. The van der Waals surface area contributed by atoms with Crippen LogP contribution in [0.15, 0.2) is 52.7 Å². The summed E-state index contributed by atoms with van der Waals surface area (Å²) in [5.74, 6) is -0.800. The molecule has 1 heterocycles. The molecule has 0 aliphatic rings. The fourth-order valence-corrected chi connectivity index (χ4v) is 1.76.